The molecule has 0 fully saturated rings. The molecule has 0 aliphatic carbocycles. The first-order valence-corrected chi connectivity index (χ1v) is 7.18. The van der Waals surface area contributed by atoms with Crippen molar-refractivity contribution < 1.29 is 9.53 Å². The summed E-state index contributed by atoms with van der Waals surface area (Å²) in [5, 5.41) is 4.46. The fraction of sp³-hybridized carbons (Fsp3) is 0.692. The Morgan fingerprint density at radius 2 is 2.21 bits per heavy atom. The smallest absolute Gasteiger partial charge is 0.309 e. The van der Waals surface area contributed by atoms with Crippen LogP contribution in [0.5, 0.6) is 0 Å². The SMILES string of the molecule is CCn1nc(C)c(Br)c1CN(C)CC(C)C(=O)OC. The molecule has 0 N–H and O–H groups in total. The fourth-order valence-electron chi connectivity index (χ4n) is 2.08. The summed E-state index contributed by atoms with van der Waals surface area (Å²) in [6.07, 6.45) is 0. The molecular formula is C13H22BrN3O2. The van der Waals surface area contributed by atoms with E-state index in [0.29, 0.717) is 6.54 Å². The lowest BCUT2D eigenvalue weighted by molar-refractivity contribution is -0.145. The summed E-state index contributed by atoms with van der Waals surface area (Å²) in [5.41, 5.74) is 2.13. The van der Waals surface area contributed by atoms with E-state index < -0.39 is 0 Å². The molecule has 0 saturated carbocycles. The van der Waals surface area contributed by atoms with Crippen molar-refractivity contribution in [1.82, 2.24) is 14.7 Å². The van der Waals surface area contributed by atoms with Crippen LogP contribution in [-0.4, -0.2) is 41.4 Å². The number of ether oxygens (including phenoxy) is 1. The third-order valence-electron chi connectivity index (χ3n) is 3.06. The molecule has 5 nitrogen and oxygen atoms in total. The van der Waals surface area contributed by atoms with E-state index >= 15 is 0 Å². The number of carbonyl (C=O) groups excluding carboxylic acids is 1. The lowest BCUT2D eigenvalue weighted by Crippen LogP contribution is -2.30. The molecule has 0 amide bonds. The van der Waals surface area contributed by atoms with E-state index in [4.69, 9.17) is 4.74 Å². The highest BCUT2D eigenvalue weighted by molar-refractivity contribution is 9.10. The van der Waals surface area contributed by atoms with Crippen LogP contribution in [0.3, 0.4) is 0 Å². The highest BCUT2D eigenvalue weighted by Gasteiger charge is 2.18. The number of hydrogen-bond acceptors (Lipinski definition) is 4. The zero-order valence-electron chi connectivity index (χ0n) is 12.2. The van der Waals surface area contributed by atoms with Crippen molar-refractivity contribution in [3.63, 3.8) is 0 Å². The second kappa shape index (κ2) is 7.05. The van der Waals surface area contributed by atoms with Crippen LogP contribution < -0.4 is 0 Å². The van der Waals surface area contributed by atoms with E-state index in [1.165, 1.54) is 7.11 Å². The van der Waals surface area contributed by atoms with E-state index in [2.05, 4.69) is 32.9 Å². The number of methoxy groups -OCH3 is 1. The molecule has 1 heterocycles. The van der Waals surface area contributed by atoms with Gasteiger partial charge in [0.25, 0.3) is 0 Å². The molecule has 0 radical (unpaired) electrons. The van der Waals surface area contributed by atoms with E-state index in [-0.39, 0.29) is 11.9 Å². The number of carbonyl (C=O) groups is 1. The van der Waals surface area contributed by atoms with Gasteiger partial charge in [-0.3, -0.25) is 14.4 Å². The van der Waals surface area contributed by atoms with Crippen molar-refractivity contribution in [3.05, 3.63) is 15.9 Å². The minimum Gasteiger partial charge on any atom is -0.469 e. The van der Waals surface area contributed by atoms with Crippen molar-refractivity contribution in [1.29, 1.82) is 0 Å². The number of halogens is 1. The number of rotatable bonds is 6. The first-order chi connectivity index (χ1) is 8.90. The highest BCUT2D eigenvalue weighted by Crippen LogP contribution is 2.22. The van der Waals surface area contributed by atoms with Gasteiger partial charge in [0, 0.05) is 19.6 Å². The molecular weight excluding hydrogens is 310 g/mol. The number of nitrogens with zero attached hydrogens (tertiary/aromatic N) is 3. The summed E-state index contributed by atoms with van der Waals surface area (Å²) in [6, 6.07) is 0. The first kappa shape index (κ1) is 16.2. The Balaban J connectivity index is 2.72. The summed E-state index contributed by atoms with van der Waals surface area (Å²) in [5.74, 6) is -0.307. The normalized spacial score (nSPS) is 12.8. The van der Waals surface area contributed by atoms with Gasteiger partial charge < -0.3 is 4.74 Å². The second-order valence-electron chi connectivity index (χ2n) is 4.78. The third kappa shape index (κ3) is 4.04. The molecule has 1 unspecified atom stereocenters. The van der Waals surface area contributed by atoms with Crippen LogP contribution in [-0.2, 0) is 22.6 Å². The standard InChI is InChI=1S/C13H22BrN3O2/c1-6-17-11(12(14)10(3)15-17)8-16(4)7-9(2)13(18)19-5/h9H,6-8H2,1-5H3. The Bertz CT molecular complexity index is 445. The van der Waals surface area contributed by atoms with Crippen molar-refractivity contribution >= 4 is 21.9 Å². The zero-order valence-corrected chi connectivity index (χ0v) is 13.8. The maximum Gasteiger partial charge on any atom is 0.309 e. The summed E-state index contributed by atoms with van der Waals surface area (Å²) >= 11 is 3.58. The Hall–Kier alpha value is -0.880. The molecule has 0 aliphatic rings. The number of aryl methyl sites for hydroxylation is 2. The van der Waals surface area contributed by atoms with Crippen LogP contribution in [0.1, 0.15) is 25.2 Å². The van der Waals surface area contributed by atoms with Crippen LogP contribution in [0.2, 0.25) is 0 Å². The molecule has 1 atom stereocenters. The topological polar surface area (TPSA) is 47.4 Å². The molecule has 1 aromatic rings. The van der Waals surface area contributed by atoms with E-state index in [1.54, 1.807) is 0 Å². The van der Waals surface area contributed by atoms with Gasteiger partial charge in [-0.2, -0.15) is 5.10 Å². The van der Waals surface area contributed by atoms with Crippen molar-refractivity contribution in [2.24, 2.45) is 5.92 Å². The Morgan fingerprint density at radius 3 is 2.74 bits per heavy atom. The molecule has 1 rings (SSSR count). The predicted molar refractivity (Wildman–Crippen MR) is 77.9 cm³/mol. The molecule has 0 bridgehead atoms. The van der Waals surface area contributed by atoms with Gasteiger partial charge in [-0.1, -0.05) is 6.92 Å². The maximum atomic E-state index is 11.4. The van der Waals surface area contributed by atoms with Crippen LogP contribution >= 0.6 is 15.9 Å². The molecule has 0 aliphatic heterocycles. The summed E-state index contributed by atoms with van der Waals surface area (Å²) in [6.45, 7) is 8.17. The Morgan fingerprint density at radius 1 is 1.58 bits per heavy atom. The zero-order chi connectivity index (χ0) is 14.6. The highest BCUT2D eigenvalue weighted by atomic mass is 79.9. The van der Waals surface area contributed by atoms with Gasteiger partial charge in [0.05, 0.1) is 28.9 Å². The van der Waals surface area contributed by atoms with Gasteiger partial charge in [-0.15, -0.1) is 0 Å². The predicted octanol–water partition coefficient (Wildman–Crippen LogP) is 2.21. The quantitative estimate of drug-likeness (QED) is 0.750. The van der Waals surface area contributed by atoms with Gasteiger partial charge in [-0.25, -0.2) is 0 Å². The van der Waals surface area contributed by atoms with E-state index in [0.717, 1.165) is 29.0 Å². The lowest BCUT2D eigenvalue weighted by Gasteiger charge is -2.20. The van der Waals surface area contributed by atoms with Gasteiger partial charge in [0.1, 0.15) is 0 Å². The molecule has 0 saturated heterocycles. The first-order valence-electron chi connectivity index (χ1n) is 6.38. The Kier molecular flexibility index (Phi) is 6.00. The average molecular weight is 332 g/mol. The molecule has 108 valence electrons. The molecule has 1 aromatic heterocycles. The van der Waals surface area contributed by atoms with Crippen molar-refractivity contribution in [3.8, 4) is 0 Å². The van der Waals surface area contributed by atoms with Crippen molar-refractivity contribution in [2.45, 2.75) is 33.9 Å². The van der Waals surface area contributed by atoms with Gasteiger partial charge >= 0.3 is 5.97 Å². The van der Waals surface area contributed by atoms with Gasteiger partial charge in [0.2, 0.25) is 0 Å². The Labute approximate surface area is 123 Å². The fourth-order valence-corrected chi connectivity index (χ4v) is 2.49. The van der Waals surface area contributed by atoms with Gasteiger partial charge in [-0.05, 0) is 36.8 Å². The maximum absolute atomic E-state index is 11.4. The lowest BCUT2D eigenvalue weighted by atomic mass is 10.1. The summed E-state index contributed by atoms with van der Waals surface area (Å²) in [7, 11) is 3.42. The minimum atomic E-state index is -0.175. The van der Waals surface area contributed by atoms with Crippen LogP contribution in [0.15, 0.2) is 4.47 Å². The molecule has 0 spiro atoms. The van der Waals surface area contributed by atoms with E-state index in [1.807, 2.05) is 25.6 Å². The monoisotopic (exact) mass is 331 g/mol. The van der Waals surface area contributed by atoms with Gasteiger partial charge in [0.15, 0.2) is 0 Å². The third-order valence-corrected chi connectivity index (χ3v) is 4.09. The largest absolute Gasteiger partial charge is 0.469 e. The molecule has 6 heteroatoms. The van der Waals surface area contributed by atoms with Crippen LogP contribution in [0.4, 0.5) is 0 Å². The average Bonchev–Trinajstić information content (AvgIpc) is 2.65. The minimum absolute atomic E-state index is 0.132. The number of esters is 1. The number of hydrogen-bond donors (Lipinski definition) is 0. The number of aromatic nitrogens is 2. The second-order valence-corrected chi connectivity index (χ2v) is 5.58. The van der Waals surface area contributed by atoms with Crippen LogP contribution in [0, 0.1) is 12.8 Å². The molecule has 19 heavy (non-hydrogen) atoms. The van der Waals surface area contributed by atoms with E-state index in [9.17, 15) is 4.79 Å². The van der Waals surface area contributed by atoms with Crippen LogP contribution in [0.25, 0.3) is 0 Å². The van der Waals surface area contributed by atoms with Crippen molar-refractivity contribution in [2.75, 3.05) is 20.7 Å². The summed E-state index contributed by atoms with van der Waals surface area (Å²) < 4.78 is 7.78. The summed E-state index contributed by atoms with van der Waals surface area (Å²) in [4.78, 5) is 13.5. The molecule has 0 aromatic carbocycles.